The molecule has 0 saturated carbocycles. The van der Waals surface area contributed by atoms with Gasteiger partial charge in [0.2, 0.25) is 11.0 Å². The van der Waals surface area contributed by atoms with Gasteiger partial charge in [-0.1, -0.05) is 11.8 Å². The van der Waals surface area contributed by atoms with Crippen LogP contribution >= 0.6 is 11.8 Å². The zero-order chi connectivity index (χ0) is 6.69. The van der Waals surface area contributed by atoms with Crippen molar-refractivity contribution in [1.82, 2.24) is 15.2 Å². The molecule has 0 amide bonds. The van der Waals surface area contributed by atoms with Gasteiger partial charge in [0.15, 0.2) is 0 Å². The maximum Gasteiger partial charge on any atom is 0.249 e. The molecule has 1 heterocycles. The van der Waals surface area contributed by atoms with E-state index < -0.39 is 0 Å². The summed E-state index contributed by atoms with van der Waals surface area (Å²) in [5.41, 5.74) is 0. The van der Waals surface area contributed by atoms with Crippen LogP contribution in [-0.4, -0.2) is 26.5 Å². The van der Waals surface area contributed by atoms with Crippen LogP contribution < -0.4 is 0 Å². The number of nitrogens with zero attached hydrogens (tertiary/aromatic N) is 3. The lowest BCUT2D eigenvalue weighted by Crippen LogP contribution is -1.87. The van der Waals surface area contributed by atoms with Gasteiger partial charge in [-0.3, -0.25) is 0 Å². The number of hydrogen-bond donors (Lipinski definition) is 1. The Bertz CT molecular complexity index is 188. The Morgan fingerprint density at radius 1 is 1.56 bits per heavy atom. The van der Waals surface area contributed by atoms with E-state index in [0.29, 0.717) is 5.16 Å². The molecule has 0 aliphatic heterocycles. The van der Waals surface area contributed by atoms with Crippen LogP contribution in [0.3, 0.4) is 0 Å². The first-order chi connectivity index (χ1) is 4.33. The normalized spacial score (nSPS) is 9.44. The monoisotopic (exact) mass is 143 g/mol. The number of rotatable bonds is 1. The van der Waals surface area contributed by atoms with E-state index in [-0.39, 0.29) is 5.88 Å². The van der Waals surface area contributed by atoms with E-state index in [0.717, 1.165) is 0 Å². The first kappa shape index (κ1) is 6.28. The van der Waals surface area contributed by atoms with Crippen molar-refractivity contribution in [3.63, 3.8) is 0 Å². The minimum atomic E-state index is -0.146. The summed E-state index contributed by atoms with van der Waals surface area (Å²) in [6, 6.07) is 0. The van der Waals surface area contributed by atoms with Gasteiger partial charge in [-0.05, 0) is 6.26 Å². The molecule has 0 aliphatic rings. The van der Waals surface area contributed by atoms with Crippen molar-refractivity contribution in [3.8, 4) is 5.88 Å². The molecular weight excluding hydrogens is 138 g/mol. The zero-order valence-electron chi connectivity index (χ0n) is 4.77. The second-order valence-corrected chi connectivity index (χ2v) is 2.08. The SMILES string of the molecule is CSc1ncc(O)nn1. The molecule has 4 nitrogen and oxygen atoms in total. The van der Waals surface area contributed by atoms with Gasteiger partial charge in [-0.15, -0.1) is 10.2 Å². The van der Waals surface area contributed by atoms with Gasteiger partial charge in [0.25, 0.3) is 0 Å². The summed E-state index contributed by atoms with van der Waals surface area (Å²) in [5.74, 6) is -0.146. The summed E-state index contributed by atoms with van der Waals surface area (Å²) in [7, 11) is 0. The van der Waals surface area contributed by atoms with Crippen LogP contribution in [-0.2, 0) is 0 Å². The van der Waals surface area contributed by atoms with Crippen molar-refractivity contribution in [2.75, 3.05) is 6.26 Å². The Kier molecular flexibility index (Phi) is 1.84. The third kappa shape index (κ3) is 1.53. The van der Waals surface area contributed by atoms with E-state index in [2.05, 4.69) is 15.2 Å². The van der Waals surface area contributed by atoms with Crippen LogP contribution in [0.15, 0.2) is 11.4 Å². The Labute approximate surface area is 56.3 Å². The van der Waals surface area contributed by atoms with E-state index in [4.69, 9.17) is 5.11 Å². The highest BCUT2D eigenvalue weighted by Gasteiger charge is 1.92. The third-order valence-corrected chi connectivity index (χ3v) is 1.26. The average Bonchev–Trinajstić information content (AvgIpc) is 1.90. The molecule has 1 N–H and O–H groups in total. The molecule has 5 heteroatoms. The van der Waals surface area contributed by atoms with Gasteiger partial charge in [-0.25, -0.2) is 4.98 Å². The molecule has 0 unspecified atom stereocenters. The fraction of sp³-hybridized carbons (Fsp3) is 0.250. The number of thioether (sulfide) groups is 1. The fourth-order valence-electron chi connectivity index (χ4n) is 0.352. The van der Waals surface area contributed by atoms with Crippen molar-refractivity contribution in [3.05, 3.63) is 6.20 Å². The quantitative estimate of drug-likeness (QED) is 0.573. The molecule has 0 aliphatic carbocycles. The van der Waals surface area contributed by atoms with Crippen LogP contribution in [0.25, 0.3) is 0 Å². The van der Waals surface area contributed by atoms with Gasteiger partial charge < -0.3 is 5.11 Å². The minimum Gasteiger partial charge on any atom is -0.491 e. The summed E-state index contributed by atoms with van der Waals surface area (Å²) < 4.78 is 0. The van der Waals surface area contributed by atoms with Crippen LogP contribution in [0.2, 0.25) is 0 Å². The van der Waals surface area contributed by atoms with Crippen LogP contribution in [0.1, 0.15) is 0 Å². The van der Waals surface area contributed by atoms with Crippen LogP contribution in [0.4, 0.5) is 0 Å². The highest BCUT2D eigenvalue weighted by Crippen LogP contribution is 2.06. The third-order valence-electron chi connectivity index (χ3n) is 0.711. The second-order valence-electron chi connectivity index (χ2n) is 1.30. The molecule has 0 atom stereocenters. The summed E-state index contributed by atoms with van der Waals surface area (Å²) in [6.45, 7) is 0. The number of aromatic nitrogens is 3. The molecule has 0 aromatic carbocycles. The molecule has 0 radical (unpaired) electrons. The molecule has 1 aromatic rings. The minimum absolute atomic E-state index is 0.146. The van der Waals surface area contributed by atoms with Crippen molar-refractivity contribution >= 4 is 11.8 Å². The summed E-state index contributed by atoms with van der Waals surface area (Å²) in [5, 5.41) is 16.1. The van der Waals surface area contributed by atoms with Gasteiger partial charge in [0.1, 0.15) is 0 Å². The molecule has 0 fully saturated rings. The van der Waals surface area contributed by atoms with E-state index in [1.54, 1.807) is 0 Å². The first-order valence-electron chi connectivity index (χ1n) is 2.25. The largest absolute Gasteiger partial charge is 0.491 e. The molecule has 9 heavy (non-hydrogen) atoms. The molecule has 0 saturated heterocycles. The maximum absolute atomic E-state index is 8.61. The van der Waals surface area contributed by atoms with Gasteiger partial charge >= 0.3 is 0 Å². The standard InChI is InChI=1S/C4H5N3OS/c1-9-4-5-2-3(8)6-7-4/h2H,1H3,(H,6,8). The van der Waals surface area contributed by atoms with Crippen LogP contribution in [0, 0.1) is 0 Å². The van der Waals surface area contributed by atoms with E-state index in [9.17, 15) is 0 Å². The topological polar surface area (TPSA) is 58.9 Å². The van der Waals surface area contributed by atoms with Gasteiger partial charge in [-0.2, -0.15) is 0 Å². The van der Waals surface area contributed by atoms with Crippen molar-refractivity contribution in [1.29, 1.82) is 0 Å². The Balaban J connectivity index is 2.88. The Hall–Kier alpha value is -0.840. The number of aromatic hydroxyl groups is 1. The Morgan fingerprint density at radius 3 is 2.78 bits per heavy atom. The molecule has 0 bridgehead atoms. The lowest BCUT2D eigenvalue weighted by atomic mass is 10.8. The smallest absolute Gasteiger partial charge is 0.249 e. The second kappa shape index (κ2) is 2.63. The maximum atomic E-state index is 8.61. The van der Waals surface area contributed by atoms with Crippen molar-refractivity contribution in [2.24, 2.45) is 0 Å². The average molecular weight is 143 g/mol. The predicted octanol–water partition coefficient (Wildman–Crippen LogP) is 0.299. The lowest BCUT2D eigenvalue weighted by molar-refractivity contribution is 0.436. The summed E-state index contributed by atoms with van der Waals surface area (Å²) >= 11 is 1.38. The molecule has 1 rings (SSSR count). The molecule has 0 spiro atoms. The Morgan fingerprint density at radius 2 is 2.33 bits per heavy atom. The van der Waals surface area contributed by atoms with Gasteiger partial charge in [0.05, 0.1) is 6.20 Å². The van der Waals surface area contributed by atoms with Gasteiger partial charge in [0, 0.05) is 0 Å². The fourth-order valence-corrected chi connectivity index (χ4v) is 0.633. The van der Waals surface area contributed by atoms with Crippen molar-refractivity contribution in [2.45, 2.75) is 5.16 Å². The lowest BCUT2D eigenvalue weighted by Gasteiger charge is -1.89. The first-order valence-corrected chi connectivity index (χ1v) is 3.48. The molecule has 48 valence electrons. The van der Waals surface area contributed by atoms with E-state index in [1.165, 1.54) is 18.0 Å². The number of hydrogen-bond acceptors (Lipinski definition) is 5. The van der Waals surface area contributed by atoms with Crippen molar-refractivity contribution < 1.29 is 5.11 Å². The van der Waals surface area contributed by atoms with Crippen LogP contribution in [0.5, 0.6) is 5.88 Å². The summed E-state index contributed by atoms with van der Waals surface area (Å²) in [6.07, 6.45) is 3.10. The zero-order valence-corrected chi connectivity index (χ0v) is 5.59. The predicted molar refractivity (Wildman–Crippen MR) is 33.3 cm³/mol. The summed E-state index contributed by atoms with van der Waals surface area (Å²) in [4.78, 5) is 3.74. The molecule has 1 aromatic heterocycles. The highest BCUT2D eigenvalue weighted by atomic mass is 32.2. The highest BCUT2D eigenvalue weighted by molar-refractivity contribution is 7.98. The van der Waals surface area contributed by atoms with E-state index in [1.807, 2.05) is 6.26 Å². The van der Waals surface area contributed by atoms with E-state index >= 15 is 0 Å². The molecular formula is C4H5N3OS.